The van der Waals surface area contributed by atoms with E-state index in [1.165, 1.54) is 0 Å². The van der Waals surface area contributed by atoms with Crippen molar-refractivity contribution in [1.29, 1.82) is 0 Å². The van der Waals surface area contributed by atoms with Crippen molar-refractivity contribution in [2.24, 2.45) is 5.84 Å². The molecule has 0 aliphatic rings. The lowest BCUT2D eigenvalue weighted by Crippen LogP contribution is -2.30. The molecule has 0 saturated heterocycles. The van der Waals surface area contributed by atoms with E-state index in [0.29, 0.717) is 23.2 Å². The fraction of sp³-hybridized carbons (Fsp3) is 0.571. The van der Waals surface area contributed by atoms with Crippen LogP contribution >= 0.6 is 11.8 Å². The zero-order chi connectivity index (χ0) is 15.3. The number of hydrogen-bond donors (Lipinski definition) is 3. The van der Waals surface area contributed by atoms with Crippen LogP contribution in [0.3, 0.4) is 0 Å². The van der Waals surface area contributed by atoms with Crippen molar-refractivity contribution in [1.82, 2.24) is 10.3 Å². The summed E-state index contributed by atoms with van der Waals surface area (Å²) in [5.74, 6) is 5.83. The van der Waals surface area contributed by atoms with Gasteiger partial charge in [0.25, 0.3) is 5.91 Å². The van der Waals surface area contributed by atoms with Crippen LogP contribution in [0.4, 0.5) is 5.82 Å². The SMILES string of the molecule is CSC(C)CNC(=O)c1cc(NN)nc(C(C)(C)C)c1. The van der Waals surface area contributed by atoms with E-state index in [0.717, 1.165) is 5.69 Å². The van der Waals surface area contributed by atoms with Crippen LogP contribution in [-0.4, -0.2) is 28.9 Å². The first-order chi connectivity index (χ1) is 9.27. The molecule has 1 heterocycles. The smallest absolute Gasteiger partial charge is 0.251 e. The van der Waals surface area contributed by atoms with Crippen molar-refractivity contribution < 1.29 is 4.79 Å². The van der Waals surface area contributed by atoms with Gasteiger partial charge in [-0.1, -0.05) is 27.7 Å². The highest BCUT2D eigenvalue weighted by Gasteiger charge is 2.19. The quantitative estimate of drug-likeness (QED) is 0.573. The molecular weight excluding hydrogens is 272 g/mol. The van der Waals surface area contributed by atoms with Crippen LogP contribution in [0.15, 0.2) is 12.1 Å². The third-order valence-corrected chi connectivity index (χ3v) is 3.93. The van der Waals surface area contributed by atoms with Gasteiger partial charge in [-0.05, 0) is 18.4 Å². The summed E-state index contributed by atoms with van der Waals surface area (Å²) < 4.78 is 0. The summed E-state index contributed by atoms with van der Waals surface area (Å²) in [5.41, 5.74) is 3.78. The molecule has 0 fully saturated rings. The van der Waals surface area contributed by atoms with Gasteiger partial charge in [0.1, 0.15) is 5.82 Å². The number of nitrogens with one attached hydrogen (secondary N) is 2. The van der Waals surface area contributed by atoms with Crippen LogP contribution in [0.5, 0.6) is 0 Å². The summed E-state index contributed by atoms with van der Waals surface area (Å²) in [4.78, 5) is 16.6. The fourth-order valence-electron chi connectivity index (χ4n) is 1.54. The molecule has 5 nitrogen and oxygen atoms in total. The topological polar surface area (TPSA) is 80.0 Å². The van der Waals surface area contributed by atoms with Crippen LogP contribution in [0.2, 0.25) is 0 Å². The highest BCUT2D eigenvalue weighted by molar-refractivity contribution is 7.99. The lowest BCUT2D eigenvalue weighted by atomic mass is 9.90. The molecule has 6 heteroatoms. The maximum absolute atomic E-state index is 12.2. The largest absolute Gasteiger partial charge is 0.351 e. The Morgan fingerprint density at radius 2 is 2.10 bits per heavy atom. The molecule has 0 aromatic carbocycles. The van der Waals surface area contributed by atoms with Gasteiger partial charge in [0.05, 0.1) is 0 Å². The van der Waals surface area contributed by atoms with Crippen LogP contribution in [-0.2, 0) is 5.41 Å². The Balaban J connectivity index is 2.96. The maximum Gasteiger partial charge on any atom is 0.251 e. The van der Waals surface area contributed by atoms with Gasteiger partial charge < -0.3 is 10.7 Å². The Kier molecular flexibility index (Phi) is 5.83. The molecule has 1 aromatic rings. The van der Waals surface area contributed by atoms with Crippen molar-refractivity contribution in [3.63, 3.8) is 0 Å². The molecule has 0 radical (unpaired) electrons. The molecular formula is C14H24N4OS. The van der Waals surface area contributed by atoms with E-state index >= 15 is 0 Å². The Morgan fingerprint density at radius 1 is 1.45 bits per heavy atom. The van der Waals surface area contributed by atoms with Gasteiger partial charge in [-0.15, -0.1) is 0 Å². The predicted molar refractivity (Wildman–Crippen MR) is 86.1 cm³/mol. The minimum absolute atomic E-state index is 0.102. The van der Waals surface area contributed by atoms with Crippen LogP contribution in [0, 0.1) is 0 Å². The molecule has 1 amide bonds. The molecule has 0 bridgehead atoms. The number of rotatable bonds is 5. The highest BCUT2D eigenvalue weighted by atomic mass is 32.2. The minimum Gasteiger partial charge on any atom is -0.351 e. The third kappa shape index (κ3) is 4.68. The molecule has 0 aliphatic heterocycles. The molecule has 1 atom stereocenters. The number of anilines is 1. The van der Waals surface area contributed by atoms with Crippen molar-refractivity contribution >= 4 is 23.5 Å². The summed E-state index contributed by atoms with van der Waals surface area (Å²) in [6.07, 6.45) is 2.03. The third-order valence-electron chi connectivity index (χ3n) is 2.96. The van der Waals surface area contributed by atoms with Crippen molar-refractivity contribution in [3.05, 3.63) is 23.4 Å². The van der Waals surface area contributed by atoms with E-state index in [1.54, 1.807) is 17.8 Å². The molecule has 20 heavy (non-hydrogen) atoms. The number of nitrogens with two attached hydrogens (primary N) is 1. The Hall–Kier alpha value is -1.27. The summed E-state index contributed by atoms with van der Waals surface area (Å²) >= 11 is 1.72. The first-order valence-electron chi connectivity index (χ1n) is 6.58. The number of pyridine rings is 1. The molecule has 112 valence electrons. The average Bonchev–Trinajstić information content (AvgIpc) is 2.42. The number of aromatic nitrogens is 1. The summed E-state index contributed by atoms with van der Waals surface area (Å²) in [6.45, 7) is 8.86. The van der Waals surface area contributed by atoms with Crippen LogP contribution in [0.25, 0.3) is 0 Å². The molecule has 0 aliphatic carbocycles. The Bertz CT molecular complexity index is 471. The molecule has 1 aromatic heterocycles. The molecule has 1 rings (SSSR count). The van der Waals surface area contributed by atoms with E-state index in [4.69, 9.17) is 5.84 Å². The molecule has 1 unspecified atom stereocenters. The van der Waals surface area contributed by atoms with Gasteiger partial charge in [0.2, 0.25) is 0 Å². The van der Waals surface area contributed by atoms with E-state index in [2.05, 4.69) is 22.7 Å². The number of amides is 1. The normalized spacial score (nSPS) is 12.9. The zero-order valence-corrected chi connectivity index (χ0v) is 13.6. The van der Waals surface area contributed by atoms with Gasteiger partial charge in [0.15, 0.2) is 0 Å². The maximum atomic E-state index is 12.2. The molecule has 0 saturated carbocycles. The minimum atomic E-state index is -0.144. The van der Waals surface area contributed by atoms with Gasteiger partial charge in [0, 0.05) is 28.5 Å². The summed E-state index contributed by atoms with van der Waals surface area (Å²) in [6, 6.07) is 3.48. The Labute approximate surface area is 125 Å². The van der Waals surface area contributed by atoms with E-state index in [-0.39, 0.29) is 11.3 Å². The van der Waals surface area contributed by atoms with Crippen molar-refractivity contribution in [2.45, 2.75) is 38.4 Å². The summed E-state index contributed by atoms with van der Waals surface area (Å²) in [7, 11) is 0. The second-order valence-corrected chi connectivity index (χ2v) is 7.05. The number of carbonyl (C=O) groups excluding carboxylic acids is 1. The number of hydrogen-bond acceptors (Lipinski definition) is 5. The second kappa shape index (κ2) is 6.95. The van der Waals surface area contributed by atoms with E-state index in [1.807, 2.05) is 33.1 Å². The first kappa shape index (κ1) is 16.8. The first-order valence-corrected chi connectivity index (χ1v) is 7.87. The monoisotopic (exact) mass is 296 g/mol. The van der Waals surface area contributed by atoms with Gasteiger partial charge in [-0.25, -0.2) is 10.8 Å². The summed E-state index contributed by atoms with van der Waals surface area (Å²) in [5, 5.41) is 3.31. The highest BCUT2D eigenvalue weighted by Crippen LogP contribution is 2.23. The van der Waals surface area contributed by atoms with Gasteiger partial charge in [-0.3, -0.25) is 4.79 Å². The second-order valence-electron chi connectivity index (χ2n) is 5.78. The van der Waals surface area contributed by atoms with E-state index < -0.39 is 0 Å². The number of nitrogen functional groups attached to an aromatic ring is 1. The molecule has 0 spiro atoms. The van der Waals surface area contributed by atoms with Crippen molar-refractivity contribution in [2.75, 3.05) is 18.2 Å². The number of nitrogens with zero attached hydrogens (tertiary/aromatic N) is 1. The van der Waals surface area contributed by atoms with E-state index in [9.17, 15) is 4.79 Å². The average molecular weight is 296 g/mol. The number of carbonyl (C=O) groups is 1. The Morgan fingerprint density at radius 3 is 2.60 bits per heavy atom. The number of thioether (sulfide) groups is 1. The van der Waals surface area contributed by atoms with Crippen molar-refractivity contribution in [3.8, 4) is 0 Å². The van der Waals surface area contributed by atoms with Crippen LogP contribution < -0.4 is 16.6 Å². The van der Waals surface area contributed by atoms with Gasteiger partial charge >= 0.3 is 0 Å². The lowest BCUT2D eigenvalue weighted by molar-refractivity contribution is 0.0954. The predicted octanol–water partition coefficient (Wildman–Crippen LogP) is 2.15. The van der Waals surface area contributed by atoms with Gasteiger partial charge in [-0.2, -0.15) is 11.8 Å². The molecule has 4 N–H and O–H groups in total. The fourth-order valence-corrected chi connectivity index (χ4v) is 1.79. The number of hydrazine groups is 1. The van der Waals surface area contributed by atoms with Crippen LogP contribution in [0.1, 0.15) is 43.7 Å². The zero-order valence-electron chi connectivity index (χ0n) is 12.8. The lowest BCUT2D eigenvalue weighted by Gasteiger charge is -2.20. The standard InChI is InChI=1S/C14H24N4OS/c1-9(20-5)8-16-13(19)10-6-11(14(2,3)4)17-12(7-10)18-15/h6-7,9H,8,15H2,1-5H3,(H,16,19)(H,17,18).